The largest absolute Gasteiger partial charge is 0.495 e. The van der Waals surface area contributed by atoms with Crippen LogP contribution in [-0.4, -0.2) is 32.8 Å². The minimum atomic E-state index is -1.10. The molecule has 0 aliphatic heterocycles. The minimum Gasteiger partial charge on any atom is -0.495 e. The Morgan fingerprint density at radius 2 is 1.96 bits per heavy atom. The Bertz CT molecular complexity index is 1190. The summed E-state index contributed by atoms with van der Waals surface area (Å²) in [5.74, 6) is -0.861. The van der Waals surface area contributed by atoms with E-state index in [1.165, 1.54) is 12.1 Å². The molecule has 0 aliphatic rings. The van der Waals surface area contributed by atoms with Crippen molar-refractivity contribution >= 4 is 11.5 Å². The van der Waals surface area contributed by atoms with Gasteiger partial charge in [-0.3, -0.25) is 0 Å². The van der Waals surface area contributed by atoms with Gasteiger partial charge in [-0.25, -0.2) is 18.7 Å². The molecule has 7 heteroatoms. The van der Waals surface area contributed by atoms with Gasteiger partial charge in [0.15, 0.2) is 0 Å². The molecule has 4 aromatic rings. The number of halogens is 1. The van der Waals surface area contributed by atoms with Crippen LogP contribution >= 0.6 is 0 Å². The number of nitrogens with zero attached hydrogens (tertiary/aromatic N) is 3. The SMILES string of the molecule is COc1ccc2c(Cc3cccc(C(=O)O)n3)c(-c3ccccc3F)nn2c1. The predicted molar refractivity (Wildman–Crippen MR) is 101 cm³/mol. The van der Waals surface area contributed by atoms with Crippen LogP contribution in [0, 0.1) is 5.82 Å². The number of methoxy groups -OCH3 is 1. The summed E-state index contributed by atoms with van der Waals surface area (Å²) in [4.78, 5) is 15.4. The first-order valence-corrected chi connectivity index (χ1v) is 8.56. The Kier molecular flexibility index (Phi) is 4.49. The topological polar surface area (TPSA) is 76.7 Å². The number of ether oxygens (including phenoxy) is 1. The Morgan fingerprint density at radius 1 is 1.14 bits per heavy atom. The fraction of sp³-hybridized carbons (Fsp3) is 0.0952. The van der Waals surface area contributed by atoms with E-state index in [0.717, 1.165) is 11.1 Å². The number of benzene rings is 1. The number of carbonyl (C=O) groups is 1. The van der Waals surface area contributed by atoms with Crippen LogP contribution in [0.2, 0.25) is 0 Å². The third-order valence-corrected chi connectivity index (χ3v) is 4.45. The molecule has 0 amide bonds. The van der Waals surface area contributed by atoms with Crippen LogP contribution in [-0.2, 0) is 6.42 Å². The van der Waals surface area contributed by atoms with Crippen molar-refractivity contribution in [3.63, 3.8) is 0 Å². The van der Waals surface area contributed by atoms with Crippen molar-refractivity contribution in [3.05, 3.63) is 83.6 Å². The second-order valence-corrected chi connectivity index (χ2v) is 6.20. The van der Waals surface area contributed by atoms with Crippen LogP contribution < -0.4 is 4.74 Å². The molecule has 0 saturated carbocycles. The van der Waals surface area contributed by atoms with Crippen molar-refractivity contribution in [2.24, 2.45) is 0 Å². The van der Waals surface area contributed by atoms with Crippen LogP contribution in [0.15, 0.2) is 60.8 Å². The normalized spacial score (nSPS) is 10.9. The molecule has 1 aromatic carbocycles. The summed E-state index contributed by atoms with van der Waals surface area (Å²) in [5, 5.41) is 13.7. The van der Waals surface area contributed by atoms with E-state index in [2.05, 4.69) is 10.1 Å². The number of aromatic nitrogens is 3. The molecule has 0 fully saturated rings. The van der Waals surface area contributed by atoms with Crippen molar-refractivity contribution in [1.29, 1.82) is 0 Å². The molecule has 3 heterocycles. The molecule has 0 unspecified atom stereocenters. The van der Waals surface area contributed by atoms with E-state index >= 15 is 0 Å². The van der Waals surface area contributed by atoms with E-state index in [9.17, 15) is 14.3 Å². The molecule has 0 saturated heterocycles. The maximum Gasteiger partial charge on any atom is 0.354 e. The highest BCUT2D eigenvalue weighted by molar-refractivity contribution is 5.85. The third-order valence-electron chi connectivity index (χ3n) is 4.45. The molecule has 0 spiro atoms. The van der Waals surface area contributed by atoms with Gasteiger partial charge in [-0.1, -0.05) is 18.2 Å². The van der Waals surface area contributed by atoms with E-state index in [0.29, 0.717) is 29.1 Å². The highest BCUT2D eigenvalue weighted by atomic mass is 19.1. The standard InChI is InChI=1S/C21H16FN3O3/c1-28-14-9-10-19-16(11-13-5-4-8-18(23-13)21(26)27)20(24-25(19)12-14)15-6-2-3-7-17(15)22/h2-10,12H,11H2,1H3,(H,26,27). The zero-order chi connectivity index (χ0) is 19.7. The maximum atomic E-state index is 14.5. The van der Waals surface area contributed by atoms with Crippen molar-refractivity contribution in [2.45, 2.75) is 6.42 Å². The van der Waals surface area contributed by atoms with Gasteiger partial charge >= 0.3 is 5.97 Å². The van der Waals surface area contributed by atoms with Crippen molar-refractivity contribution in [1.82, 2.24) is 14.6 Å². The Hall–Kier alpha value is -3.74. The molecular weight excluding hydrogens is 361 g/mol. The van der Waals surface area contributed by atoms with Gasteiger partial charge in [-0.15, -0.1) is 0 Å². The summed E-state index contributed by atoms with van der Waals surface area (Å²) in [5.41, 5.74) is 2.89. The van der Waals surface area contributed by atoms with Crippen LogP contribution in [0.1, 0.15) is 21.7 Å². The fourth-order valence-electron chi connectivity index (χ4n) is 3.12. The number of carboxylic acids is 1. The fourth-order valence-corrected chi connectivity index (χ4v) is 3.12. The molecular formula is C21H16FN3O3. The second kappa shape index (κ2) is 7.11. The molecule has 3 aromatic heterocycles. The van der Waals surface area contributed by atoms with Crippen molar-refractivity contribution in [3.8, 4) is 17.0 Å². The monoisotopic (exact) mass is 377 g/mol. The highest BCUT2D eigenvalue weighted by Crippen LogP contribution is 2.31. The van der Waals surface area contributed by atoms with Crippen molar-refractivity contribution < 1.29 is 19.0 Å². The van der Waals surface area contributed by atoms with Crippen molar-refractivity contribution in [2.75, 3.05) is 7.11 Å². The summed E-state index contributed by atoms with van der Waals surface area (Å²) in [6, 6.07) is 14.9. The lowest BCUT2D eigenvalue weighted by atomic mass is 10.0. The molecule has 0 radical (unpaired) electrons. The first kappa shape index (κ1) is 17.7. The average Bonchev–Trinajstić information content (AvgIpc) is 3.05. The van der Waals surface area contributed by atoms with Crippen LogP contribution in [0.4, 0.5) is 4.39 Å². The van der Waals surface area contributed by atoms with Gasteiger partial charge in [0, 0.05) is 23.2 Å². The number of aromatic carboxylic acids is 1. The summed E-state index contributed by atoms with van der Waals surface area (Å²) in [7, 11) is 1.56. The molecule has 1 N–H and O–H groups in total. The first-order valence-electron chi connectivity index (χ1n) is 8.56. The van der Waals surface area contributed by atoms with Gasteiger partial charge in [0.05, 0.1) is 24.5 Å². The van der Waals surface area contributed by atoms with Gasteiger partial charge in [-0.05, 0) is 36.4 Å². The van der Waals surface area contributed by atoms with E-state index < -0.39 is 5.97 Å². The zero-order valence-corrected chi connectivity index (χ0v) is 15.0. The lowest BCUT2D eigenvalue weighted by Crippen LogP contribution is -2.03. The van der Waals surface area contributed by atoms with E-state index in [1.54, 1.807) is 54.2 Å². The van der Waals surface area contributed by atoms with Gasteiger partial charge < -0.3 is 9.84 Å². The molecule has 4 rings (SSSR count). The Labute approximate surface area is 159 Å². The third kappa shape index (κ3) is 3.18. The summed E-state index contributed by atoms with van der Waals surface area (Å²) in [6.45, 7) is 0. The van der Waals surface area contributed by atoms with E-state index in [1.807, 2.05) is 6.07 Å². The summed E-state index contributed by atoms with van der Waals surface area (Å²) >= 11 is 0. The molecule has 0 aliphatic carbocycles. The van der Waals surface area contributed by atoms with Gasteiger partial charge in [0.2, 0.25) is 0 Å². The first-order chi connectivity index (χ1) is 13.6. The Balaban J connectivity index is 1.90. The van der Waals surface area contributed by atoms with Gasteiger partial charge in [0.25, 0.3) is 0 Å². The number of rotatable bonds is 5. The lowest BCUT2D eigenvalue weighted by molar-refractivity contribution is 0.0690. The number of hydrogen-bond donors (Lipinski definition) is 1. The molecule has 28 heavy (non-hydrogen) atoms. The number of fused-ring (bicyclic) bond motifs is 1. The Morgan fingerprint density at radius 3 is 2.71 bits per heavy atom. The molecule has 6 nitrogen and oxygen atoms in total. The smallest absolute Gasteiger partial charge is 0.354 e. The van der Waals surface area contributed by atoms with Crippen LogP contribution in [0.25, 0.3) is 16.8 Å². The number of carboxylic acid groups (broad SMARTS) is 1. The van der Waals surface area contributed by atoms with Crippen LogP contribution in [0.5, 0.6) is 5.75 Å². The quantitative estimate of drug-likeness (QED) is 0.572. The van der Waals surface area contributed by atoms with E-state index in [-0.39, 0.29) is 11.5 Å². The van der Waals surface area contributed by atoms with Gasteiger partial charge in [-0.2, -0.15) is 5.10 Å². The van der Waals surface area contributed by atoms with Gasteiger partial charge in [0.1, 0.15) is 17.3 Å². The predicted octanol–water partition coefficient (Wildman–Crippen LogP) is 3.83. The molecule has 0 atom stereocenters. The number of hydrogen-bond acceptors (Lipinski definition) is 4. The summed E-state index contributed by atoms with van der Waals surface area (Å²) in [6.07, 6.45) is 2.02. The maximum absolute atomic E-state index is 14.5. The molecule has 140 valence electrons. The van der Waals surface area contributed by atoms with E-state index in [4.69, 9.17) is 4.74 Å². The zero-order valence-electron chi connectivity index (χ0n) is 15.0. The minimum absolute atomic E-state index is 0.0388. The lowest BCUT2D eigenvalue weighted by Gasteiger charge is -2.06. The second-order valence-electron chi connectivity index (χ2n) is 6.20. The highest BCUT2D eigenvalue weighted by Gasteiger charge is 2.19. The summed E-state index contributed by atoms with van der Waals surface area (Å²) < 4.78 is 21.4. The average molecular weight is 377 g/mol. The van der Waals surface area contributed by atoms with Crippen LogP contribution in [0.3, 0.4) is 0 Å². The molecule has 0 bridgehead atoms. The number of pyridine rings is 2.